The molecule has 0 bridgehead atoms. The van der Waals surface area contributed by atoms with E-state index in [-0.39, 0.29) is 22.3 Å². The van der Waals surface area contributed by atoms with E-state index in [1.165, 1.54) is 38.7 Å². The summed E-state index contributed by atoms with van der Waals surface area (Å²) in [5.41, 5.74) is 8.84. The van der Waals surface area contributed by atoms with Gasteiger partial charge in [-0.3, -0.25) is 19.9 Å². The van der Waals surface area contributed by atoms with Gasteiger partial charge in [0, 0.05) is 59.7 Å². The molecule has 5 heterocycles. The zero-order valence-corrected chi connectivity index (χ0v) is 19.3. The van der Waals surface area contributed by atoms with Crippen LogP contribution in [0.4, 0.5) is 0 Å². The molecule has 5 heteroatoms. The Labute approximate surface area is 212 Å². The molecule has 0 saturated carbocycles. The Balaban J connectivity index is 0.000000252. The van der Waals surface area contributed by atoms with Gasteiger partial charge in [0.2, 0.25) is 0 Å². The van der Waals surface area contributed by atoms with Crippen LogP contribution in [0.5, 0.6) is 0 Å². The summed E-state index contributed by atoms with van der Waals surface area (Å²) in [6.45, 7) is 9.79. The van der Waals surface area contributed by atoms with Crippen molar-refractivity contribution in [3.63, 3.8) is 0 Å². The van der Waals surface area contributed by atoms with E-state index in [4.69, 9.17) is 4.74 Å². The van der Waals surface area contributed by atoms with Gasteiger partial charge < -0.3 is 4.74 Å². The molecule has 0 saturated heterocycles. The van der Waals surface area contributed by atoms with E-state index in [0.717, 1.165) is 37.7 Å². The van der Waals surface area contributed by atoms with Crippen molar-refractivity contribution in [1.29, 1.82) is 0 Å². The van der Waals surface area contributed by atoms with Gasteiger partial charge in [-0.15, -0.1) is 0 Å². The number of fused-ring (bicyclic) bond motifs is 3. The molecule has 35 heavy (non-hydrogen) atoms. The fraction of sp³-hybridized carbons (Fsp3) is 0.367. The van der Waals surface area contributed by atoms with Crippen LogP contribution in [0.2, 0.25) is 0 Å². The Morgan fingerprint density at radius 3 is 1.91 bits per heavy atom. The number of aryl methyl sites for hydroxylation is 3. The molecule has 1 aromatic carbocycles. The van der Waals surface area contributed by atoms with Gasteiger partial charge in [-0.25, -0.2) is 0 Å². The van der Waals surface area contributed by atoms with Crippen molar-refractivity contribution in [1.82, 2.24) is 19.9 Å². The second-order valence-electron chi connectivity index (χ2n) is 8.35. The van der Waals surface area contributed by atoms with Gasteiger partial charge in [-0.1, -0.05) is 46.5 Å². The normalized spacial score (nSPS) is 12.9. The van der Waals surface area contributed by atoms with E-state index < -0.39 is 0 Å². The molecule has 6 rings (SSSR count). The van der Waals surface area contributed by atoms with Gasteiger partial charge >= 0.3 is 0 Å². The van der Waals surface area contributed by atoms with Gasteiger partial charge in [0.25, 0.3) is 0 Å². The first-order valence-electron chi connectivity index (χ1n) is 11.0. The molecule has 0 radical (unpaired) electrons. The first-order chi connectivity index (χ1) is 15.5. The maximum absolute atomic E-state index is 5.26. The minimum Gasteiger partial charge on any atom is -0.372 e. The Hall–Kier alpha value is -3.15. The molecule has 0 aliphatic carbocycles. The van der Waals surface area contributed by atoms with E-state index in [1.807, 2.05) is 56.7 Å². The largest absolute Gasteiger partial charge is 0.372 e. The van der Waals surface area contributed by atoms with E-state index in [1.54, 1.807) is 0 Å². The number of hydrogen-bond acceptors (Lipinski definition) is 5. The Morgan fingerprint density at radius 1 is 0.657 bits per heavy atom. The Morgan fingerprint density at radius 2 is 1.26 bits per heavy atom. The summed E-state index contributed by atoms with van der Waals surface area (Å²) in [5.74, 6) is 0. The van der Waals surface area contributed by atoms with Crippen LogP contribution < -0.4 is 0 Å². The molecule has 2 aliphatic heterocycles. The molecular weight excluding hydrogens is 432 g/mol. The van der Waals surface area contributed by atoms with Crippen LogP contribution in [-0.2, 0) is 31.0 Å². The van der Waals surface area contributed by atoms with Crippen LogP contribution in [0.3, 0.4) is 0 Å². The SMILES string of the molecule is C.C.C.Cc1nccc2c1CN(C)C2.Cc1nccc2c1COC2.Cc1nccc2ccccc12. The maximum Gasteiger partial charge on any atom is 0.0742 e. The number of ether oxygens (including phenoxy) is 1. The zero-order valence-electron chi connectivity index (χ0n) is 19.3. The van der Waals surface area contributed by atoms with Crippen molar-refractivity contribution < 1.29 is 4.74 Å². The van der Waals surface area contributed by atoms with Crippen molar-refractivity contribution in [2.75, 3.05) is 7.05 Å². The summed E-state index contributed by atoms with van der Waals surface area (Å²) in [6.07, 6.45) is 5.58. The molecule has 4 aromatic rings. The molecule has 3 aromatic heterocycles. The van der Waals surface area contributed by atoms with Gasteiger partial charge in [-0.05, 0) is 68.1 Å². The lowest BCUT2D eigenvalue weighted by atomic mass is 10.1. The molecule has 0 N–H and O–H groups in total. The summed E-state index contributed by atoms with van der Waals surface area (Å²) in [4.78, 5) is 14.9. The highest BCUT2D eigenvalue weighted by molar-refractivity contribution is 5.83. The fourth-order valence-corrected chi connectivity index (χ4v) is 4.15. The highest BCUT2D eigenvalue weighted by atomic mass is 16.5. The van der Waals surface area contributed by atoms with Gasteiger partial charge in [-0.2, -0.15) is 0 Å². The quantitative estimate of drug-likeness (QED) is 0.269. The molecule has 0 fully saturated rings. The van der Waals surface area contributed by atoms with Crippen molar-refractivity contribution >= 4 is 10.8 Å². The molecule has 5 nitrogen and oxygen atoms in total. The lowest BCUT2D eigenvalue weighted by Crippen LogP contribution is -2.07. The molecular formula is C30H42N4O. The highest BCUT2D eigenvalue weighted by Crippen LogP contribution is 2.22. The van der Waals surface area contributed by atoms with E-state index in [2.05, 4.69) is 52.0 Å². The predicted octanol–water partition coefficient (Wildman–Crippen LogP) is 7.21. The fourth-order valence-electron chi connectivity index (χ4n) is 4.15. The van der Waals surface area contributed by atoms with Crippen LogP contribution in [0.25, 0.3) is 10.8 Å². The summed E-state index contributed by atoms with van der Waals surface area (Å²) in [7, 11) is 2.14. The maximum atomic E-state index is 5.26. The molecule has 2 aliphatic rings. The third kappa shape index (κ3) is 7.17. The lowest BCUT2D eigenvalue weighted by molar-refractivity contribution is 0.134. The summed E-state index contributed by atoms with van der Waals surface area (Å²) in [6, 6.07) is 14.4. The average Bonchev–Trinajstić information content (AvgIpc) is 3.43. The number of rotatable bonds is 0. The molecule has 0 atom stereocenters. The number of pyridine rings is 3. The molecule has 0 amide bonds. The second kappa shape index (κ2) is 13.7. The van der Waals surface area contributed by atoms with Crippen LogP contribution in [0.1, 0.15) is 61.6 Å². The first kappa shape index (κ1) is 29.9. The van der Waals surface area contributed by atoms with Crippen molar-refractivity contribution in [3.05, 3.63) is 100 Å². The smallest absolute Gasteiger partial charge is 0.0742 e. The van der Waals surface area contributed by atoms with E-state index in [0.29, 0.717) is 0 Å². The Bertz CT molecular complexity index is 1220. The second-order valence-corrected chi connectivity index (χ2v) is 8.35. The summed E-state index contributed by atoms with van der Waals surface area (Å²) >= 11 is 0. The van der Waals surface area contributed by atoms with Crippen LogP contribution in [0, 0.1) is 20.8 Å². The summed E-state index contributed by atoms with van der Waals surface area (Å²) < 4.78 is 5.26. The highest BCUT2D eigenvalue weighted by Gasteiger charge is 2.16. The number of nitrogens with zero attached hydrogens (tertiary/aromatic N) is 4. The average molecular weight is 475 g/mol. The predicted molar refractivity (Wildman–Crippen MR) is 148 cm³/mol. The number of aromatic nitrogens is 3. The third-order valence-electron chi connectivity index (χ3n) is 5.98. The lowest BCUT2D eigenvalue weighted by Gasteiger charge is -2.03. The molecule has 188 valence electrons. The van der Waals surface area contributed by atoms with E-state index in [9.17, 15) is 0 Å². The van der Waals surface area contributed by atoms with Gasteiger partial charge in [0.15, 0.2) is 0 Å². The van der Waals surface area contributed by atoms with Crippen LogP contribution in [0.15, 0.2) is 61.1 Å². The van der Waals surface area contributed by atoms with Gasteiger partial charge in [0.05, 0.1) is 13.2 Å². The van der Waals surface area contributed by atoms with Crippen molar-refractivity contribution in [3.8, 4) is 0 Å². The van der Waals surface area contributed by atoms with Gasteiger partial charge in [0.1, 0.15) is 0 Å². The summed E-state index contributed by atoms with van der Waals surface area (Å²) in [5, 5.41) is 2.51. The van der Waals surface area contributed by atoms with Crippen molar-refractivity contribution in [2.24, 2.45) is 0 Å². The Kier molecular flexibility index (Phi) is 11.7. The standard InChI is InChI=1S/C10H9N.C9H12N2.C8H9NO.3CH4/c1-8-10-5-3-2-4-9(10)6-7-11-8;1-7-9-6-11(2)5-8(9)3-4-10-7;1-6-8-5-10-4-7(8)2-3-9-6;;;/h2-7H,1H3;3-4H,5-6H2,1-2H3;2-3H,4-5H2,1H3;3*1H4. The van der Waals surface area contributed by atoms with E-state index >= 15 is 0 Å². The minimum absolute atomic E-state index is 0. The van der Waals surface area contributed by atoms with Crippen molar-refractivity contribution in [2.45, 2.75) is 69.4 Å². The number of benzene rings is 1. The molecule has 0 unspecified atom stereocenters. The topological polar surface area (TPSA) is 51.1 Å². The number of hydrogen-bond donors (Lipinski definition) is 0. The first-order valence-corrected chi connectivity index (χ1v) is 11.0. The minimum atomic E-state index is 0. The van der Waals surface area contributed by atoms with Crippen LogP contribution in [-0.4, -0.2) is 26.9 Å². The monoisotopic (exact) mass is 474 g/mol. The third-order valence-corrected chi connectivity index (χ3v) is 5.98. The molecule has 0 spiro atoms. The zero-order chi connectivity index (χ0) is 22.5. The van der Waals surface area contributed by atoms with Crippen LogP contribution >= 0.6 is 0 Å².